The number of anilines is 1. The Morgan fingerprint density at radius 2 is 1.74 bits per heavy atom. The zero-order chi connectivity index (χ0) is 22.1. The van der Waals surface area contributed by atoms with Gasteiger partial charge in [0.05, 0.1) is 23.7 Å². The first-order valence-electron chi connectivity index (χ1n) is 10.5. The molecule has 0 saturated carbocycles. The molecule has 0 unspecified atom stereocenters. The molecule has 31 heavy (non-hydrogen) atoms. The van der Waals surface area contributed by atoms with Crippen LogP contribution in [-0.2, 0) is 16.0 Å². The topological polar surface area (TPSA) is 64.7 Å². The van der Waals surface area contributed by atoms with Gasteiger partial charge in [-0.15, -0.1) is 0 Å². The van der Waals surface area contributed by atoms with Gasteiger partial charge in [0.1, 0.15) is 5.82 Å². The summed E-state index contributed by atoms with van der Waals surface area (Å²) in [4.78, 5) is 28.5. The third kappa shape index (κ3) is 7.52. The van der Waals surface area contributed by atoms with Crippen molar-refractivity contribution < 1.29 is 14.0 Å². The maximum atomic E-state index is 13.1. The number of nitrogens with one attached hydrogen (secondary N) is 2. The molecule has 0 aliphatic carbocycles. The molecule has 2 aromatic rings. The minimum absolute atomic E-state index is 0.0468. The lowest BCUT2D eigenvalue weighted by Crippen LogP contribution is -2.47. The van der Waals surface area contributed by atoms with Crippen molar-refractivity contribution in [2.45, 2.75) is 12.8 Å². The van der Waals surface area contributed by atoms with Gasteiger partial charge in [0.2, 0.25) is 11.8 Å². The van der Waals surface area contributed by atoms with Crippen LogP contribution in [0.3, 0.4) is 0 Å². The molecule has 0 spiro atoms. The van der Waals surface area contributed by atoms with Gasteiger partial charge >= 0.3 is 0 Å². The quantitative estimate of drug-likeness (QED) is 0.581. The number of para-hydroxylation sites is 1. The van der Waals surface area contributed by atoms with Gasteiger partial charge in [0, 0.05) is 32.7 Å². The molecule has 1 aliphatic rings. The monoisotopic (exact) mass is 446 g/mol. The molecule has 166 valence electrons. The third-order valence-corrected chi connectivity index (χ3v) is 5.56. The van der Waals surface area contributed by atoms with Crippen LogP contribution in [-0.4, -0.2) is 62.5 Å². The van der Waals surface area contributed by atoms with Crippen molar-refractivity contribution in [2.75, 3.05) is 50.7 Å². The van der Waals surface area contributed by atoms with E-state index in [1.54, 1.807) is 12.1 Å². The Kier molecular flexibility index (Phi) is 8.67. The van der Waals surface area contributed by atoms with Crippen LogP contribution in [0.4, 0.5) is 10.1 Å². The van der Waals surface area contributed by atoms with Crippen molar-refractivity contribution in [3.8, 4) is 0 Å². The average molecular weight is 447 g/mol. The highest BCUT2D eigenvalue weighted by molar-refractivity contribution is 6.33. The minimum atomic E-state index is -0.381. The van der Waals surface area contributed by atoms with Gasteiger partial charge in [-0.2, -0.15) is 0 Å². The summed E-state index contributed by atoms with van der Waals surface area (Å²) in [7, 11) is 0. The summed E-state index contributed by atoms with van der Waals surface area (Å²) in [6, 6.07) is 13.8. The van der Waals surface area contributed by atoms with E-state index in [4.69, 9.17) is 11.6 Å². The predicted octanol–water partition coefficient (Wildman–Crippen LogP) is 2.47. The highest BCUT2D eigenvalue weighted by atomic mass is 35.5. The van der Waals surface area contributed by atoms with Gasteiger partial charge < -0.3 is 15.5 Å². The molecule has 2 amide bonds. The molecule has 3 rings (SSSR count). The first kappa shape index (κ1) is 23.0. The molecule has 0 bridgehead atoms. The standard InChI is InChI=1S/C23H28ClFN4O2/c24-20-7-1-2-8-21(20)29-13-11-28(12-14-29)10-4-9-26-23(31)17-27-22(30)16-18-5-3-6-19(25)15-18/h1-3,5-8,15H,4,9-14,16-17H2,(H,26,31)(H,27,30). The Bertz CT molecular complexity index is 887. The lowest BCUT2D eigenvalue weighted by molar-refractivity contribution is -0.125. The summed E-state index contributed by atoms with van der Waals surface area (Å²) in [5.41, 5.74) is 1.66. The van der Waals surface area contributed by atoms with E-state index in [0.29, 0.717) is 12.1 Å². The minimum Gasteiger partial charge on any atom is -0.368 e. The number of carbonyl (C=O) groups is 2. The average Bonchev–Trinajstić information content (AvgIpc) is 2.76. The molecule has 1 heterocycles. The largest absolute Gasteiger partial charge is 0.368 e. The summed E-state index contributed by atoms with van der Waals surface area (Å²) in [6.45, 7) is 5.14. The van der Waals surface area contributed by atoms with E-state index < -0.39 is 0 Å². The van der Waals surface area contributed by atoms with Crippen molar-refractivity contribution in [2.24, 2.45) is 0 Å². The second kappa shape index (κ2) is 11.7. The molecule has 2 aromatic carbocycles. The van der Waals surface area contributed by atoms with Crippen LogP contribution >= 0.6 is 11.6 Å². The summed E-state index contributed by atoms with van der Waals surface area (Å²) < 4.78 is 13.1. The molecular formula is C23H28ClFN4O2. The van der Waals surface area contributed by atoms with Gasteiger partial charge in [-0.05, 0) is 42.8 Å². The van der Waals surface area contributed by atoms with Crippen molar-refractivity contribution in [3.05, 3.63) is 64.9 Å². The lowest BCUT2D eigenvalue weighted by atomic mass is 10.1. The molecular weight excluding hydrogens is 419 g/mol. The molecule has 0 radical (unpaired) electrons. The zero-order valence-corrected chi connectivity index (χ0v) is 18.2. The molecule has 1 fully saturated rings. The lowest BCUT2D eigenvalue weighted by Gasteiger charge is -2.36. The van der Waals surface area contributed by atoms with Gasteiger partial charge in [-0.25, -0.2) is 4.39 Å². The number of halogens is 2. The summed E-state index contributed by atoms with van der Waals surface area (Å²) in [5, 5.41) is 6.17. The summed E-state index contributed by atoms with van der Waals surface area (Å²) in [6.07, 6.45) is 0.889. The molecule has 1 aliphatic heterocycles. The fourth-order valence-corrected chi connectivity index (χ4v) is 3.84. The van der Waals surface area contributed by atoms with Crippen LogP contribution in [0.5, 0.6) is 0 Å². The second-order valence-electron chi connectivity index (χ2n) is 7.57. The van der Waals surface area contributed by atoms with Crippen LogP contribution in [0, 0.1) is 5.82 Å². The van der Waals surface area contributed by atoms with E-state index in [9.17, 15) is 14.0 Å². The van der Waals surface area contributed by atoms with Crippen LogP contribution in [0.15, 0.2) is 48.5 Å². The predicted molar refractivity (Wildman–Crippen MR) is 121 cm³/mol. The maximum absolute atomic E-state index is 13.1. The fraction of sp³-hybridized carbons (Fsp3) is 0.391. The van der Waals surface area contributed by atoms with Crippen LogP contribution in [0.1, 0.15) is 12.0 Å². The molecule has 8 heteroatoms. The number of hydrogen-bond acceptors (Lipinski definition) is 4. The SMILES string of the molecule is O=C(CNC(=O)Cc1cccc(F)c1)NCCCN1CCN(c2ccccc2Cl)CC1. The second-order valence-corrected chi connectivity index (χ2v) is 7.97. The summed E-state index contributed by atoms with van der Waals surface area (Å²) >= 11 is 6.28. The first-order valence-corrected chi connectivity index (χ1v) is 10.9. The Labute approximate surface area is 187 Å². The Balaban J connectivity index is 1.26. The Morgan fingerprint density at radius 3 is 2.48 bits per heavy atom. The van der Waals surface area contributed by atoms with Gasteiger partial charge in [0.15, 0.2) is 0 Å². The molecule has 0 atom stereocenters. The van der Waals surface area contributed by atoms with E-state index >= 15 is 0 Å². The van der Waals surface area contributed by atoms with E-state index in [2.05, 4.69) is 20.4 Å². The summed E-state index contributed by atoms with van der Waals surface area (Å²) in [5.74, 6) is -0.915. The number of carbonyl (C=O) groups excluding carboxylic acids is 2. The van der Waals surface area contributed by atoms with E-state index in [1.165, 1.54) is 12.1 Å². The smallest absolute Gasteiger partial charge is 0.239 e. The molecule has 0 aromatic heterocycles. The molecule has 6 nitrogen and oxygen atoms in total. The molecule has 2 N–H and O–H groups in total. The van der Waals surface area contributed by atoms with Gasteiger partial charge in [-0.3, -0.25) is 14.5 Å². The number of hydrogen-bond donors (Lipinski definition) is 2. The fourth-order valence-electron chi connectivity index (χ4n) is 3.59. The Morgan fingerprint density at radius 1 is 0.968 bits per heavy atom. The number of nitrogens with zero attached hydrogens (tertiary/aromatic N) is 2. The number of benzene rings is 2. The van der Waals surface area contributed by atoms with Crippen LogP contribution in [0.25, 0.3) is 0 Å². The highest BCUT2D eigenvalue weighted by Gasteiger charge is 2.18. The highest BCUT2D eigenvalue weighted by Crippen LogP contribution is 2.25. The maximum Gasteiger partial charge on any atom is 0.239 e. The normalized spacial score (nSPS) is 14.3. The number of piperazine rings is 1. The first-order chi connectivity index (χ1) is 15.0. The van der Waals surface area contributed by atoms with Crippen molar-refractivity contribution in [3.63, 3.8) is 0 Å². The van der Waals surface area contributed by atoms with E-state index in [1.807, 2.05) is 24.3 Å². The van der Waals surface area contributed by atoms with E-state index in [0.717, 1.165) is 49.9 Å². The van der Waals surface area contributed by atoms with Crippen LogP contribution in [0.2, 0.25) is 5.02 Å². The van der Waals surface area contributed by atoms with Crippen molar-refractivity contribution in [1.29, 1.82) is 0 Å². The van der Waals surface area contributed by atoms with Gasteiger partial charge in [-0.1, -0.05) is 35.9 Å². The Hall–Kier alpha value is -2.64. The molecule has 1 saturated heterocycles. The van der Waals surface area contributed by atoms with Crippen molar-refractivity contribution in [1.82, 2.24) is 15.5 Å². The van der Waals surface area contributed by atoms with E-state index in [-0.39, 0.29) is 30.6 Å². The van der Waals surface area contributed by atoms with Gasteiger partial charge in [0.25, 0.3) is 0 Å². The zero-order valence-electron chi connectivity index (χ0n) is 17.4. The van der Waals surface area contributed by atoms with Crippen molar-refractivity contribution >= 4 is 29.1 Å². The number of rotatable bonds is 9. The number of amides is 2. The van der Waals surface area contributed by atoms with Crippen LogP contribution < -0.4 is 15.5 Å². The third-order valence-electron chi connectivity index (χ3n) is 5.24.